The third-order valence-electron chi connectivity index (χ3n) is 3.95. The molecule has 1 N–H and O–H groups in total. The molecule has 19 heavy (non-hydrogen) atoms. The van der Waals surface area contributed by atoms with E-state index in [1.807, 2.05) is 11.8 Å². The monoisotopic (exact) mass is 297 g/mol. The van der Waals surface area contributed by atoms with Gasteiger partial charge in [0.25, 0.3) is 0 Å². The molecular formula is C14H19NO2S2. The van der Waals surface area contributed by atoms with Crippen molar-refractivity contribution in [1.82, 2.24) is 5.32 Å². The van der Waals surface area contributed by atoms with Gasteiger partial charge < -0.3 is 5.32 Å². The second kappa shape index (κ2) is 5.46. The van der Waals surface area contributed by atoms with Crippen molar-refractivity contribution in [1.29, 1.82) is 0 Å². The molecule has 0 amide bonds. The SMILES string of the molecule is O=S1(=O)CCC(CNCC2CSc3ccccc32)C1. The molecule has 1 aromatic rings. The summed E-state index contributed by atoms with van der Waals surface area (Å²) in [7, 11) is -2.74. The van der Waals surface area contributed by atoms with Crippen molar-refractivity contribution in [3.05, 3.63) is 29.8 Å². The molecule has 0 bridgehead atoms. The minimum Gasteiger partial charge on any atom is -0.316 e. The van der Waals surface area contributed by atoms with E-state index in [4.69, 9.17) is 0 Å². The normalized spacial score (nSPS) is 28.4. The van der Waals surface area contributed by atoms with Gasteiger partial charge in [0, 0.05) is 23.1 Å². The van der Waals surface area contributed by atoms with Crippen molar-refractivity contribution in [3.63, 3.8) is 0 Å². The van der Waals surface area contributed by atoms with Crippen molar-refractivity contribution in [2.75, 3.05) is 30.3 Å². The molecule has 0 saturated carbocycles. The summed E-state index contributed by atoms with van der Waals surface area (Å²) < 4.78 is 22.8. The summed E-state index contributed by atoms with van der Waals surface area (Å²) in [4.78, 5) is 1.40. The van der Waals surface area contributed by atoms with Crippen LogP contribution in [0.5, 0.6) is 0 Å². The molecule has 0 radical (unpaired) electrons. The molecule has 1 fully saturated rings. The first-order valence-corrected chi connectivity index (χ1v) is 9.57. The van der Waals surface area contributed by atoms with Gasteiger partial charge in [0.1, 0.15) is 0 Å². The molecule has 1 aromatic carbocycles. The van der Waals surface area contributed by atoms with E-state index in [1.54, 1.807) is 0 Å². The molecule has 2 heterocycles. The second-order valence-corrected chi connectivity index (χ2v) is 8.76. The number of sulfone groups is 1. The van der Waals surface area contributed by atoms with Crippen molar-refractivity contribution in [2.45, 2.75) is 17.2 Å². The van der Waals surface area contributed by atoms with Gasteiger partial charge in [-0.2, -0.15) is 0 Å². The molecule has 2 aliphatic rings. The van der Waals surface area contributed by atoms with Crippen LogP contribution in [0.4, 0.5) is 0 Å². The van der Waals surface area contributed by atoms with E-state index in [1.165, 1.54) is 10.5 Å². The van der Waals surface area contributed by atoms with Gasteiger partial charge in [0.05, 0.1) is 11.5 Å². The summed E-state index contributed by atoms with van der Waals surface area (Å²) in [6, 6.07) is 8.58. The Labute approximate surface area is 119 Å². The smallest absolute Gasteiger partial charge is 0.150 e. The fraction of sp³-hybridized carbons (Fsp3) is 0.571. The van der Waals surface area contributed by atoms with Crippen LogP contribution in [-0.2, 0) is 9.84 Å². The fourth-order valence-corrected chi connectivity index (χ4v) is 6.01. The van der Waals surface area contributed by atoms with Crippen LogP contribution >= 0.6 is 11.8 Å². The van der Waals surface area contributed by atoms with Gasteiger partial charge in [-0.05, 0) is 30.5 Å². The second-order valence-electron chi connectivity index (χ2n) is 5.47. The van der Waals surface area contributed by atoms with Crippen LogP contribution in [0.1, 0.15) is 17.9 Å². The molecule has 0 aliphatic carbocycles. The first-order valence-electron chi connectivity index (χ1n) is 6.77. The maximum absolute atomic E-state index is 11.4. The summed E-state index contributed by atoms with van der Waals surface area (Å²) in [5.41, 5.74) is 1.44. The lowest BCUT2D eigenvalue weighted by atomic mass is 10.0. The van der Waals surface area contributed by atoms with E-state index in [0.717, 1.165) is 25.3 Å². The van der Waals surface area contributed by atoms with Gasteiger partial charge in [0.15, 0.2) is 9.84 Å². The Morgan fingerprint density at radius 1 is 1.26 bits per heavy atom. The maximum atomic E-state index is 11.4. The van der Waals surface area contributed by atoms with E-state index in [2.05, 4.69) is 29.6 Å². The topological polar surface area (TPSA) is 46.2 Å². The summed E-state index contributed by atoms with van der Waals surface area (Å²) in [5, 5.41) is 3.47. The summed E-state index contributed by atoms with van der Waals surface area (Å²) >= 11 is 1.92. The third kappa shape index (κ3) is 3.15. The lowest BCUT2D eigenvalue weighted by Crippen LogP contribution is -2.28. The van der Waals surface area contributed by atoms with Crippen LogP contribution in [-0.4, -0.2) is 38.8 Å². The number of rotatable bonds is 4. The highest BCUT2D eigenvalue weighted by molar-refractivity contribution is 7.99. The lowest BCUT2D eigenvalue weighted by Gasteiger charge is -2.14. The Bertz CT molecular complexity index is 556. The van der Waals surface area contributed by atoms with E-state index in [9.17, 15) is 8.42 Å². The minimum absolute atomic E-state index is 0.314. The van der Waals surface area contributed by atoms with E-state index in [0.29, 0.717) is 23.3 Å². The molecule has 2 atom stereocenters. The average Bonchev–Trinajstić information content (AvgIpc) is 2.94. The van der Waals surface area contributed by atoms with Gasteiger partial charge in [0.2, 0.25) is 0 Å². The van der Waals surface area contributed by atoms with Crippen LogP contribution in [0.25, 0.3) is 0 Å². The third-order valence-corrected chi connectivity index (χ3v) is 7.04. The zero-order chi connectivity index (χ0) is 13.3. The maximum Gasteiger partial charge on any atom is 0.150 e. The van der Waals surface area contributed by atoms with Gasteiger partial charge in [-0.3, -0.25) is 0 Å². The number of fused-ring (bicyclic) bond motifs is 1. The molecule has 0 spiro atoms. The van der Waals surface area contributed by atoms with Gasteiger partial charge in [-0.25, -0.2) is 8.42 Å². The average molecular weight is 297 g/mol. The number of nitrogens with one attached hydrogen (secondary N) is 1. The standard InChI is InChI=1S/C14H19NO2S2/c16-19(17)6-5-11(10-19)7-15-8-12-9-18-14-4-2-1-3-13(12)14/h1-4,11-12,15H,5-10H2. The van der Waals surface area contributed by atoms with Gasteiger partial charge in [-0.1, -0.05) is 18.2 Å². The fourth-order valence-electron chi connectivity index (χ4n) is 2.89. The summed E-state index contributed by atoms with van der Waals surface area (Å²) in [5.74, 6) is 2.76. The number of thioether (sulfide) groups is 1. The van der Waals surface area contributed by atoms with Crippen molar-refractivity contribution in [2.24, 2.45) is 5.92 Å². The zero-order valence-corrected chi connectivity index (χ0v) is 12.5. The van der Waals surface area contributed by atoms with Crippen LogP contribution < -0.4 is 5.32 Å². The summed E-state index contributed by atoms with van der Waals surface area (Å²) in [6.07, 6.45) is 0.825. The highest BCUT2D eigenvalue weighted by Gasteiger charge is 2.28. The first-order chi connectivity index (χ1) is 9.14. The Kier molecular flexibility index (Phi) is 3.87. The lowest BCUT2D eigenvalue weighted by molar-refractivity contribution is 0.506. The quantitative estimate of drug-likeness (QED) is 0.922. The minimum atomic E-state index is -2.74. The van der Waals surface area contributed by atoms with Gasteiger partial charge in [-0.15, -0.1) is 11.8 Å². The predicted molar refractivity (Wildman–Crippen MR) is 79.5 cm³/mol. The van der Waals surface area contributed by atoms with Gasteiger partial charge >= 0.3 is 0 Å². The molecule has 2 unspecified atom stereocenters. The molecule has 3 rings (SSSR count). The predicted octanol–water partition coefficient (Wildman–Crippen LogP) is 1.90. The van der Waals surface area contributed by atoms with Crippen molar-refractivity contribution in [3.8, 4) is 0 Å². The largest absolute Gasteiger partial charge is 0.316 e. The molecular weight excluding hydrogens is 278 g/mol. The Morgan fingerprint density at radius 2 is 2.11 bits per heavy atom. The van der Waals surface area contributed by atoms with Crippen LogP contribution in [0, 0.1) is 5.92 Å². The van der Waals surface area contributed by atoms with Crippen LogP contribution in [0.15, 0.2) is 29.2 Å². The Morgan fingerprint density at radius 3 is 2.89 bits per heavy atom. The Balaban J connectivity index is 1.49. The van der Waals surface area contributed by atoms with Crippen molar-refractivity contribution >= 4 is 21.6 Å². The van der Waals surface area contributed by atoms with E-state index >= 15 is 0 Å². The Hall–Kier alpha value is -0.520. The molecule has 2 aliphatic heterocycles. The molecule has 1 saturated heterocycles. The first kappa shape index (κ1) is 13.5. The van der Waals surface area contributed by atoms with Crippen molar-refractivity contribution < 1.29 is 8.42 Å². The molecule has 5 heteroatoms. The molecule has 3 nitrogen and oxygen atoms in total. The van der Waals surface area contributed by atoms with E-state index in [-0.39, 0.29) is 0 Å². The molecule has 0 aromatic heterocycles. The number of hydrogen-bond donors (Lipinski definition) is 1. The summed E-state index contributed by atoms with van der Waals surface area (Å²) in [6.45, 7) is 1.79. The van der Waals surface area contributed by atoms with E-state index < -0.39 is 9.84 Å². The highest BCUT2D eigenvalue weighted by Crippen LogP contribution is 2.38. The highest BCUT2D eigenvalue weighted by atomic mass is 32.2. The number of benzene rings is 1. The molecule has 104 valence electrons. The zero-order valence-electron chi connectivity index (χ0n) is 10.8. The number of hydrogen-bond acceptors (Lipinski definition) is 4. The van der Waals surface area contributed by atoms with Crippen LogP contribution in [0.3, 0.4) is 0 Å². The van der Waals surface area contributed by atoms with Crippen LogP contribution in [0.2, 0.25) is 0 Å².